The Labute approximate surface area is 133 Å². The third-order valence-corrected chi connectivity index (χ3v) is 3.75. The van der Waals surface area contributed by atoms with Crippen molar-refractivity contribution >= 4 is 27.0 Å². The number of fused-ring (bicyclic) bond motifs is 1. The number of pyridine rings is 2. The lowest BCUT2D eigenvalue weighted by molar-refractivity contribution is 0.400. The standard InChI is InChI=1S/C14H15N5O3S/c1-22-14-12(18-23(2,20)21)6-10(8-16-14)9-3-4-19-11(5-9)7-13(15)17-19/h3-8,18H,1-2H3,(H2,15,17). The first kappa shape index (κ1) is 15.1. The van der Waals surface area contributed by atoms with E-state index in [4.69, 9.17) is 10.5 Å². The zero-order valence-corrected chi connectivity index (χ0v) is 13.3. The third-order valence-electron chi connectivity index (χ3n) is 3.16. The molecule has 0 fully saturated rings. The van der Waals surface area contributed by atoms with Gasteiger partial charge in [-0.15, -0.1) is 0 Å². The summed E-state index contributed by atoms with van der Waals surface area (Å²) < 4.78 is 32.1. The van der Waals surface area contributed by atoms with Crippen LogP contribution in [0.3, 0.4) is 0 Å². The maximum absolute atomic E-state index is 11.5. The quantitative estimate of drug-likeness (QED) is 0.745. The molecule has 3 aromatic heterocycles. The Kier molecular flexibility index (Phi) is 3.57. The molecule has 0 atom stereocenters. The Hall–Kier alpha value is -2.81. The summed E-state index contributed by atoms with van der Waals surface area (Å²) in [6.45, 7) is 0. The molecule has 23 heavy (non-hydrogen) atoms. The molecule has 0 aliphatic rings. The number of rotatable bonds is 4. The molecular weight excluding hydrogens is 318 g/mol. The van der Waals surface area contributed by atoms with Gasteiger partial charge in [-0.25, -0.2) is 17.9 Å². The van der Waals surface area contributed by atoms with Gasteiger partial charge in [0.05, 0.1) is 18.9 Å². The van der Waals surface area contributed by atoms with Gasteiger partial charge < -0.3 is 10.5 Å². The number of nitrogens with one attached hydrogen (secondary N) is 1. The Morgan fingerprint density at radius 3 is 2.74 bits per heavy atom. The van der Waals surface area contributed by atoms with Crippen LogP contribution in [0, 0.1) is 0 Å². The van der Waals surface area contributed by atoms with Crippen molar-refractivity contribution in [2.75, 3.05) is 23.8 Å². The van der Waals surface area contributed by atoms with E-state index in [2.05, 4.69) is 14.8 Å². The van der Waals surface area contributed by atoms with E-state index in [9.17, 15) is 8.42 Å². The van der Waals surface area contributed by atoms with Gasteiger partial charge in [0.15, 0.2) is 0 Å². The van der Waals surface area contributed by atoms with E-state index in [1.54, 1.807) is 29.0 Å². The first-order chi connectivity index (χ1) is 10.9. The number of ether oxygens (including phenoxy) is 1. The molecule has 0 spiro atoms. The highest BCUT2D eigenvalue weighted by molar-refractivity contribution is 7.92. The lowest BCUT2D eigenvalue weighted by Gasteiger charge is -2.11. The van der Waals surface area contributed by atoms with E-state index in [-0.39, 0.29) is 11.6 Å². The Balaban J connectivity index is 2.08. The fraction of sp³-hybridized carbons (Fsp3) is 0.143. The van der Waals surface area contributed by atoms with Gasteiger partial charge in [0, 0.05) is 24.0 Å². The number of hydrogen-bond acceptors (Lipinski definition) is 6. The van der Waals surface area contributed by atoms with Crippen LogP contribution in [0.15, 0.2) is 36.7 Å². The summed E-state index contributed by atoms with van der Waals surface area (Å²) in [5, 5.41) is 4.11. The fourth-order valence-corrected chi connectivity index (χ4v) is 2.79. The number of anilines is 2. The van der Waals surface area contributed by atoms with Crippen LogP contribution in [-0.4, -0.2) is 36.4 Å². The van der Waals surface area contributed by atoms with Crippen LogP contribution in [0.5, 0.6) is 5.88 Å². The molecule has 0 aliphatic carbocycles. The molecule has 3 heterocycles. The van der Waals surface area contributed by atoms with E-state index < -0.39 is 10.0 Å². The fourth-order valence-electron chi connectivity index (χ4n) is 2.24. The van der Waals surface area contributed by atoms with Crippen molar-refractivity contribution in [2.45, 2.75) is 0 Å². The highest BCUT2D eigenvalue weighted by Crippen LogP contribution is 2.29. The summed E-state index contributed by atoms with van der Waals surface area (Å²) >= 11 is 0. The summed E-state index contributed by atoms with van der Waals surface area (Å²) in [5.41, 5.74) is 8.37. The van der Waals surface area contributed by atoms with Gasteiger partial charge in [-0.2, -0.15) is 5.10 Å². The van der Waals surface area contributed by atoms with Gasteiger partial charge in [0.2, 0.25) is 15.9 Å². The molecule has 0 aliphatic heterocycles. The maximum Gasteiger partial charge on any atom is 0.238 e. The highest BCUT2D eigenvalue weighted by Gasteiger charge is 2.12. The molecule has 9 heteroatoms. The number of aromatic nitrogens is 3. The minimum absolute atomic E-state index is 0.203. The molecule has 0 aromatic carbocycles. The zero-order chi connectivity index (χ0) is 16.6. The van der Waals surface area contributed by atoms with E-state index in [0.717, 1.165) is 22.9 Å². The van der Waals surface area contributed by atoms with Crippen LogP contribution in [0.1, 0.15) is 0 Å². The van der Waals surface area contributed by atoms with Gasteiger partial charge >= 0.3 is 0 Å². The average Bonchev–Trinajstić information content (AvgIpc) is 2.84. The molecular formula is C14H15N5O3S. The highest BCUT2D eigenvalue weighted by atomic mass is 32.2. The number of hydrogen-bond donors (Lipinski definition) is 2. The zero-order valence-electron chi connectivity index (χ0n) is 12.5. The van der Waals surface area contributed by atoms with Crippen LogP contribution in [0.4, 0.5) is 11.5 Å². The molecule has 3 aromatic rings. The van der Waals surface area contributed by atoms with Crippen LogP contribution < -0.4 is 15.2 Å². The topological polar surface area (TPSA) is 112 Å². The van der Waals surface area contributed by atoms with Gasteiger partial charge in [-0.1, -0.05) is 0 Å². The predicted molar refractivity (Wildman–Crippen MR) is 87.9 cm³/mol. The third kappa shape index (κ3) is 3.19. The van der Waals surface area contributed by atoms with Gasteiger partial charge in [0.1, 0.15) is 11.5 Å². The SMILES string of the molecule is COc1ncc(-c2ccn3nc(N)cc3c2)cc1NS(C)(=O)=O. The lowest BCUT2D eigenvalue weighted by Crippen LogP contribution is -2.11. The maximum atomic E-state index is 11.5. The number of nitrogens with two attached hydrogens (primary N) is 1. The summed E-state index contributed by atoms with van der Waals surface area (Å²) in [6, 6.07) is 7.14. The minimum Gasteiger partial charge on any atom is -0.480 e. The van der Waals surface area contributed by atoms with Gasteiger partial charge in [-0.05, 0) is 23.8 Å². The molecule has 120 valence electrons. The first-order valence-electron chi connectivity index (χ1n) is 6.63. The van der Waals surface area contributed by atoms with Crippen LogP contribution in [0.2, 0.25) is 0 Å². The normalized spacial score (nSPS) is 11.6. The van der Waals surface area contributed by atoms with E-state index in [1.807, 2.05) is 12.1 Å². The van der Waals surface area contributed by atoms with Crippen molar-refractivity contribution in [3.63, 3.8) is 0 Å². The molecule has 8 nitrogen and oxygen atoms in total. The first-order valence-corrected chi connectivity index (χ1v) is 8.52. The predicted octanol–water partition coefficient (Wildman–Crippen LogP) is 1.36. The largest absolute Gasteiger partial charge is 0.480 e. The number of sulfonamides is 1. The van der Waals surface area contributed by atoms with Crippen molar-refractivity contribution in [1.82, 2.24) is 14.6 Å². The summed E-state index contributed by atoms with van der Waals surface area (Å²) in [5.74, 6) is 0.628. The van der Waals surface area contributed by atoms with Crippen molar-refractivity contribution in [3.8, 4) is 17.0 Å². The van der Waals surface area contributed by atoms with Crippen molar-refractivity contribution in [2.24, 2.45) is 0 Å². The second-order valence-corrected chi connectivity index (χ2v) is 6.76. The van der Waals surface area contributed by atoms with Crippen LogP contribution in [0.25, 0.3) is 16.6 Å². The molecule has 0 amide bonds. The van der Waals surface area contributed by atoms with E-state index in [1.165, 1.54) is 7.11 Å². The van der Waals surface area contributed by atoms with E-state index in [0.29, 0.717) is 5.82 Å². The van der Waals surface area contributed by atoms with Crippen LogP contribution in [-0.2, 0) is 10.0 Å². The molecule has 0 unspecified atom stereocenters. The number of methoxy groups -OCH3 is 1. The van der Waals surface area contributed by atoms with E-state index >= 15 is 0 Å². The molecule has 0 radical (unpaired) electrons. The second kappa shape index (κ2) is 5.43. The molecule has 0 saturated heterocycles. The molecule has 0 saturated carbocycles. The van der Waals surface area contributed by atoms with Crippen molar-refractivity contribution < 1.29 is 13.2 Å². The minimum atomic E-state index is -3.44. The Morgan fingerprint density at radius 2 is 2.04 bits per heavy atom. The van der Waals surface area contributed by atoms with Gasteiger partial charge in [-0.3, -0.25) is 4.72 Å². The summed E-state index contributed by atoms with van der Waals surface area (Å²) in [7, 11) is -2.01. The molecule has 3 N–H and O–H groups in total. The molecule has 0 bridgehead atoms. The number of nitrogens with zero attached hydrogens (tertiary/aromatic N) is 3. The Morgan fingerprint density at radius 1 is 1.26 bits per heavy atom. The van der Waals surface area contributed by atoms with Crippen LogP contribution >= 0.6 is 0 Å². The lowest BCUT2D eigenvalue weighted by atomic mass is 10.1. The average molecular weight is 333 g/mol. The van der Waals surface area contributed by atoms with Gasteiger partial charge in [0.25, 0.3) is 0 Å². The van der Waals surface area contributed by atoms with Crippen molar-refractivity contribution in [1.29, 1.82) is 0 Å². The monoisotopic (exact) mass is 333 g/mol. The summed E-state index contributed by atoms with van der Waals surface area (Å²) in [6.07, 6.45) is 4.45. The second-order valence-electron chi connectivity index (χ2n) is 5.01. The smallest absolute Gasteiger partial charge is 0.238 e. The number of nitrogen functional groups attached to an aromatic ring is 1. The Bertz CT molecular complexity index is 981. The summed E-state index contributed by atoms with van der Waals surface area (Å²) in [4.78, 5) is 4.15. The van der Waals surface area contributed by atoms with Crippen molar-refractivity contribution in [3.05, 3.63) is 36.7 Å². The molecule has 3 rings (SSSR count).